The van der Waals surface area contributed by atoms with Crippen molar-refractivity contribution < 1.29 is 9.53 Å². The van der Waals surface area contributed by atoms with E-state index in [1.54, 1.807) is 0 Å². The first-order valence-corrected chi connectivity index (χ1v) is 7.29. The Bertz CT molecular complexity index is 495. The maximum absolute atomic E-state index is 12.1. The van der Waals surface area contributed by atoms with Crippen molar-refractivity contribution in [3.8, 4) is 5.75 Å². The number of ether oxygens (including phenoxy) is 1. The molecule has 4 heteroatoms. The highest BCUT2D eigenvalue weighted by molar-refractivity contribution is 6.30. The van der Waals surface area contributed by atoms with Gasteiger partial charge >= 0.3 is 0 Å². The number of carbonyl (C=O) groups excluding carboxylic acids is 1. The summed E-state index contributed by atoms with van der Waals surface area (Å²) in [6, 6.07) is 4.17. The van der Waals surface area contributed by atoms with Crippen molar-refractivity contribution in [2.75, 3.05) is 13.2 Å². The van der Waals surface area contributed by atoms with Crippen LogP contribution in [0.15, 0.2) is 12.1 Å². The highest BCUT2D eigenvalue weighted by Crippen LogP contribution is 2.33. The Hall–Kier alpha value is -1.06. The molecular formula is C15H18ClNO2. The summed E-state index contributed by atoms with van der Waals surface area (Å²) in [5.41, 5.74) is 2.08. The van der Waals surface area contributed by atoms with E-state index in [4.69, 9.17) is 16.3 Å². The largest absolute Gasteiger partial charge is 0.493 e. The first-order chi connectivity index (χ1) is 9.22. The molecule has 19 heavy (non-hydrogen) atoms. The third-order valence-electron chi connectivity index (χ3n) is 3.85. The van der Waals surface area contributed by atoms with E-state index in [2.05, 4.69) is 5.32 Å². The summed E-state index contributed by atoms with van der Waals surface area (Å²) in [6.45, 7) is 1.73. The third-order valence-corrected chi connectivity index (χ3v) is 4.07. The molecule has 1 atom stereocenters. The van der Waals surface area contributed by atoms with E-state index in [1.165, 1.54) is 6.42 Å². The quantitative estimate of drug-likeness (QED) is 0.920. The number of rotatable bonds is 4. The molecule has 2 aliphatic rings. The molecular weight excluding hydrogens is 262 g/mol. The molecule has 102 valence electrons. The summed E-state index contributed by atoms with van der Waals surface area (Å²) in [5, 5.41) is 4.06. The number of hydrogen-bond donors (Lipinski definition) is 1. The second-order valence-corrected chi connectivity index (χ2v) is 5.80. The zero-order valence-corrected chi connectivity index (χ0v) is 11.6. The summed E-state index contributed by atoms with van der Waals surface area (Å²) < 4.78 is 5.63. The van der Waals surface area contributed by atoms with Crippen molar-refractivity contribution in [3.05, 3.63) is 28.3 Å². The van der Waals surface area contributed by atoms with Gasteiger partial charge in [-0.1, -0.05) is 11.6 Å². The summed E-state index contributed by atoms with van der Waals surface area (Å²) >= 11 is 6.10. The highest BCUT2D eigenvalue weighted by Gasteiger charge is 2.22. The van der Waals surface area contributed by atoms with E-state index in [1.807, 2.05) is 12.1 Å². The molecule has 2 aliphatic heterocycles. The summed E-state index contributed by atoms with van der Waals surface area (Å²) in [4.78, 5) is 12.1. The Kier molecular flexibility index (Phi) is 3.76. The minimum Gasteiger partial charge on any atom is -0.493 e. The predicted octanol–water partition coefficient (Wildman–Crippen LogP) is 2.53. The minimum atomic E-state index is 0.263. The lowest BCUT2D eigenvalue weighted by Gasteiger charge is -2.11. The first-order valence-electron chi connectivity index (χ1n) is 6.91. The van der Waals surface area contributed by atoms with Gasteiger partial charge in [-0.15, -0.1) is 0 Å². The van der Waals surface area contributed by atoms with E-state index < -0.39 is 0 Å². The van der Waals surface area contributed by atoms with Gasteiger partial charge in [0.2, 0.25) is 0 Å². The molecule has 0 aromatic heterocycles. The van der Waals surface area contributed by atoms with Crippen LogP contribution in [0.3, 0.4) is 0 Å². The Morgan fingerprint density at radius 1 is 1.47 bits per heavy atom. The standard InChI is InChI=1S/C15H18ClNO2/c16-12-6-10-3-5-19-15(10)11(7-12)8-14(18)9-13-2-1-4-17-13/h6-7,13,17H,1-5,8-9H2. The second-order valence-electron chi connectivity index (χ2n) is 5.36. The molecule has 3 nitrogen and oxygen atoms in total. The van der Waals surface area contributed by atoms with E-state index in [0.717, 1.165) is 36.3 Å². The van der Waals surface area contributed by atoms with Gasteiger partial charge in [0.25, 0.3) is 0 Å². The zero-order chi connectivity index (χ0) is 13.2. The van der Waals surface area contributed by atoms with E-state index in [-0.39, 0.29) is 5.78 Å². The van der Waals surface area contributed by atoms with Gasteiger partial charge in [0.05, 0.1) is 6.61 Å². The molecule has 1 aromatic rings. The fourth-order valence-corrected chi connectivity index (χ4v) is 3.23. The summed E-state index contributed by atoms with van der Waals surface area (Å²) in [7, 11) is 0. The van der Waals surface area contributed by atoms with Crippen LogP contribution in [-0.2, 0) is 17.6 Å². The van der Waals surface area contributed by atoms with Gasteiger partial charge in [-0.2, -0.15) is 0 Å². The molecule has 0 aliphatic carbocycles. The number of halogens is 1. The monoisotopic (exact) mass is 279 g/mol. The maximum Gasteiger partial charge on any atom is 0.138 e. The van der Waals surface area contributed by atoms with Crippen LogP contribution in [-0.4, -0.2) is 25.0 Å². The van der Waals surface area contributed by atoms with Crippen LogP contribution in [0, 0.1) is 0 Å². The van der Waals surface area contributed by atoms with Crippen LogP contribution in [0.4, 0.5) is 0 Å². The van der Waals surface area contributed by atoms with Crippen LogP contribution in [0.2, 0.25) is 5.02 Å². The van der Waals surface area contributed by atoms with Gasteiger partial charge in [-0.3, -0.25) is 4.79 Å². The summed E-state index contributed by atoms with van der Waals surface area (Å²) in [6.07, 6.45) is 4.22. The lowest BCUT2D eigenvalue weighted by Crippen LogP contribution is -2.25. The molecule has 1 fully saturated rings. The number of fused-ring (bicyclic) bond motifs is 1. The molecule has 3 rings (SSSR count). The normalized spacial score (nSPS) is 21.2. The Morgan fingerprint density at radius 2 is 2.37 bits per heavy atom. The minimum absolute atomic E-state index is 0.263. The second kappa shape index (κ2) is 5.51. The van der Waals surface area contributed by atoms with Gasteiger partial charge in [-0.05, 0) is 37.1 Å². The number of nitrogens with one attached hydrogen (secondary N) is 1. The van der Waals surface area contributed by atoms with Crippen LogP contribution in [0.5, 0.6) is 5.75 Å². The maximum atomic E-state index is 12.1. The SMILES string of the molecule is O=C(Cc1cc(Cl)cc2c1OCC2)CC1CCCN1. The average molecular weight is 280 g/mol. The average Bonchev–Trinajstić information content (AvgIpc) is 2.99. The fraction of sp³-hybridized carbons (Fsp3) is 0.533. The zero-order valence-electron chi connectivity index (χ0n) is 10.9. The van der Waals surface area contributed by atoms with E-state index in [0.29, 0.717) is 30.5 Å². The van der Waals surface area contributed by atoms with Gasteiger partial charge in [0.1, 0.15) is 11.5 Å². The summed E-state index contributed by atoms with van der Waals surface area (Å²) in [5.74, 6) is 1.15. The molecule has 1 N–H and O–H groups in total. The molecule has 1 aromatic carbocycles. The molecule has 1 unspecified atom stereocenters. The van der Waals surface area contributed by atoms with Crippen molar-refractivity contribution in [2.24, 2.45) is 0 Å². The van der Waals surface area contributed by atoms with E-state index in [9.17, 15) is 4.79 Å². The number of benzene rings is 1. The van der Waals surface area contributed by atoms with Gasteiger partial charge in [0, 0.05) is 35.9 Å². The van der Waals surface area contributed by atoms with E-state index >= 15 is 0 Å². The van der Waals surface area contributed by atoms with Gasteiger partial charge in [0.15, 0.2) is 0 Å². The number of Topliss-reactive ketones (excluding diaryl/α,β-unsaturated/α-hetero) is 1. The molecule has 0 bridgehead atoms. The molecule has 0 amide bonds. The molecule has 0 spiro atoms. The van der Waals surface area contributed by atoms with Crippen molar-refractivity contribution in [1.82, 2.24) is 5.32 Å². The molecule has 1 saturated heterocycles. The Morgan fingerprint density at radius 3 is 3.16 bits per heavy atom. The van der Waals surface area contributed by atoms with Gasteiger partial charge < -0.3 is 10.1 Å². The number of hydrogen-bond acceptors (Lipinski definition) is 3. The predicted molar refractivity (Wildman–Crippen MR) is 75.0 cm³/mol. The Labute approximate surface area is 118 Å². The molecule has 0 radical (unpaired) electrons. The van der Waals surface area contributed by atoms with Crippen LogP contribution < -0.4 is 10.1 Å². The van der Waals surface area contributed by atoms with Gasteiger partial charge in [-0.25, -0.2) is 0 Å². The highest BCUT2D eigenvalue weighted by atomic mass is 35.5. The number of carbonyl (C=O) groups is 1. The van der Waals surface area contributed by atoms with Crippen molar-refractivity contribution in [1.29, 1.82) is 0 Å². The van der Waals surface area contributed by atoms with Crippen molar-refractivity contribution >= 4 is 17.4 Å². The lowest BCUT2D eigenvalue weighted by atomic mass is 10.00. The third kappa shape index (κ3) is 2.93. The van der Waals surface area contributed by atoms with Crippen LogP contribution in [0.1, 0.15) is 30.4 Å². The fourth-order valence-electron chi connectivity index (χ4n) is 2.97. The van der Waals surface area contributed by atoms with Crippen molar-refractivity contribution in [2.45, 2.75) is 38.1 Å². The smallest absolute Gasteiger partial charge is 0.138 e. The van der Waals surface area contributed by atoms with Crippen molar-refractivity contribution in [3.63, 3.8) is 0 Å². The molecule has 0 saturated carbocycles. The Balaban J connectivity index is 1.70. The molecule has 2 heterocycles. The lowest BCUT2D eigenvalue weighted by molar-refractivity contribution is -0.118. The first kappa shape index (κ1) is 12.9. The number of ketones is 1. The van der Waals surface area contributed by atoms with Crippen LogP contribution >= 0.6 is 11.6 Å². The van der Waals surface area contributed by atoms with Crippen LogP contribution in [0.25, 0.3) is 0 Å². The topological polar surface area (TPSA) is 38.3 Å².